The molecule has 0 radical (unpaired) electrons. The molecule has 2 heterocycles. The third-order valence-corrected chi connectivity index (χ3v) is 3.74. The molecule has 0 spiro atoms. The number of rotatable bonds is 3. The van der Waals surface area contributed by atoms with Crippen molar-refractivity contribution in [3.05, 3.63) is 46.6 Å². The lowest BCUT2D eigenvalue weighted by atomic mass is 10.0. The first-order valence-corrected chi connectivity index (χ1v) is 6.99. The predicted octanol–water partition coefficient (Wildman–Crippen LogP) is 1.26. The second-order valence-corrected chi connectivity index (χ2v) is 5.27. The summed E-state index contributed by atoms with van der Waals surface area (Å²) in [5, 5.41) is 9.52. The van der Waals surface area contributed by atoms with E-state index in [0.29, 0.717) is 23.6 Å². The number of aromatic nitrogens is 2. The second kappa shape index (κ2) is 5.56. The van der Waals surface area contributed by atoms with Crippen LogP contribution in [0.3, 0.4) is 0 Å². The van der Waals surface area contributed by atoms with Crippen molar-refractivity contribution in [1.82, 2.24) is 15.1 Å². The normalized spacial score (nSPS) is 12.8. The van der Waals surface area contributed by atoms with Crippen LogP contribution in [0, 0.1) is 0 Å². The molecule has 0 unspecified atom stereocenters. The number of carbonyl (C=O) groups excluding carboxylic acids is 3. The number of anilines is 1. The van der Waals surface area contributed by atoms with Crippen molar-refractivity contribution in [3.8, 4) is 0 Å². The number of aromatic amines is 1. The summed E-state index contributed by atoms with van der Waals surface area (Å²) in [4.78, 5) is 36.7. The van der Waals surface area contributed by atoms with E-state index in [1.165, 1.54) is 11.8 Å². The average molecular weight is 313 g/mol. The summed E-state index contributed by atoms with van der Waals surface area (Å²) in [6, 6.07) is 6.03. The van der Waals surface area contributed by atoms with E-state index in [1.807, 2.05) is 0 Å². The Labute approximate surface area is 131 Å². The van der Waals surface area contributed by atoms with E-state index < -0.39 is 11.9 Å². The number of hydrogen-bond donors (Lipinski definition) is 3. The van der Waals surface area contributed by atoms with Crippen molar-refractivity contribution in [3.63, 3.8) is 0 Å². The molecular weight excluding hydrogens is 298 g/mol. The zero-order valence-electron chi connectivity index (χ0n) is 12.4. The molecule has 0 saturated heterocycles. The molecule has 1 aromatic carbocycles. The van der Waals surface area contributed by atoms with Crippen molar-refractivity contribution >= 4 is 23.5 Å². The van der Waals surface area contributed by atoms with Crippen LogP contribution in [-0.2, 0) is 13.1 Å². The van der Waals surface area contributed by atoms with Crippen molar-refractivity contribution in [2.24, 2.45) is 5.73 Å². The number of nitrogens with one attached hydrogen (secondary N) is 2. The largest absolute Gasteiger partial charge is 0.351 e. The van der Waals surface area contributed by atoms with Crippen LogP contribution in [0.5, 0.6) is 0 Å². The van der Waals surface area contributed by atoms with Gasteiger partial charge in [0.15, 0.2) is 5.78 Å². The van der Waals surface area contributed by atoms with Gasteiger partial charge in [-0.2, -0.15) is 5.10 Å². The number of H-pyrrole nitrogens is 1. The molecule has 2 aromatic rings. The van der Waals surface area contributed by atoms with Gasteiger partial charge in [0.25, 0.3) is 5.91 Å². The number of benzene rings is 1. The lowest BCUT2D eigenvalue weighted by Crippen LogP contribution is -2.31. The number of Topliss-reactive ketones (excluding diaryl/α,β-unsaturated/α-hetero) is 1. The van der Waals surface area contributed by atoms with Gasteiger partial charge in [0.05, 0.1) is 24.3 Å². The summed E-state index contributed by atoms with van der Waals surface area (Å²) in [5.41, 5.74) is 7.27. The minimum absolute atomic E-state index is 0.189. The highest BCUT2D eigenvalue weighted by Crippen LogP contribution is 2.27. The highest BCUT2D eigenvalue weighted by Gasteiger charge is 2.28. The Morgan fingerprint density at radius 3 is 2.57 bits per heavy atom. The minimum Gasteiger partial charge on any atom is -0.351 e. The summed E-state index contributed by atoms with van der Waals surface area (Å²) in [7, 11) is 0. The Bertz CT molecular complexity index is 811. The molecule has 3 rings (SSSR count). The molecule has 1 aliphatic heterocycles. The molecule has 0 atom stereocenters. The van der Waals surface area contributed by atoms with Gasteiger partial charge in [0.1, 0.15) is 5.82 Å². The highest BCUT2D eigenvalue weighted by molar-refractivity contribution is 6.12. The maximum absolute atomic E-state index is 12.4. The van der Waals surface area contributed by atoms with Crippen LogP contribution in [0.2, 0.25) is 0 Å². The number of fused-ring (bicyclic) bond motifs is 1. The molecule has 4 N–H and O–H groups in total. The quantitative estimate of drug-likeness (QED) is 0.738. The fraction of sp³-hybridized carbons (Fsp3) is 0.200. The Balaban J connectivity index is 1.84. The molecule has 0 saturated carbocycles. The van der Waals surface area contributed by atoms with E-state index in [1.54, 1.807) is 24.3 Å². The topological polar surface area (TPSA) is 121 Å². The van der Waals surface area contributed by atoms with Gasteiger partial charge in [0, 0.05) is 11.1 Å². The van der Waals surface area contributed by atoms with Crippen LogP contribution in [0.25, 0.3) is 0 Å². The molecule has 8 nitrogen and oxygen atoms in total. The Morgan fingerprint density at radius 1 is 1.22 bits per heavy atom. The molecule has 0 aliphatic carbocycles. The second-order valence-electron chi connectivity index (χ2n) is 5.27. The number of amides is 3. The number of urea groups is 1. The molecule has 1 aliphatic rings. The zero-order chi connectivity index (χ0) is 16.6. The number of carbonyl (C=O) groups is 3. The number of primary amides is 1. The first-order valence-electron chi connectivity index (χ1n) is 6.99. The third kappa shape index (κ3) is 2.66. The number of nitrogens with zero attached hydrogens (tertiary/aromatic N) is 2. The van der Waals surface area contributed by atoms with E-state index in [4.69, 9.17) is 5.73 Å². The number of nitrogens with two attached hydrogens (primary N) is 1. The first kappa shape index (κ1) is 14.8. The monoisotopic (exact) mass is 313 g/mol. The van der Waals surface area contributed by atoms with Gasteiger partial charge in [-0.15, -0.1) is 0 Å². The zero-order valence-corrected chi connectivity index (χ0v) is 12.4. The smallest absolute Gasteiger partial charge is 0.315 e. The molecule has 118 valence electrons. The van der Waals surface area contributed by atoms with Gasteiger partial charge >= 0.3 is 6.03 Å². The highest BCUT2D eigenvalue weighted by atomic mass is 16.2. The van der Waals surface area contributed by atoms with E-state index >= 15 is 0 Å². The fourth-order valence-electron chi connectivity index (χ4n) is 2.56. The lowest BCUT2D eigenvalue weighted by molar-refractivity contribution is 0.0985. The van der Waals surface area contributed by atoms with E-state index in [0.717, 1.165) is 5.56 Å². The van der Waals surface area contributed by atoms with E-state index in [-0.39, 0.29) is 17.9 Å². The lowest BCUT2D eigenvalue weighted by Gasteiger charge is -2.12. The molecular formula is C15H15N5O3. The summed E-state index contributed by atoms with van der Waals surface area (Å²) in [5.74, 6) is -0.197. The molecule has 3 amide bonds. The van der Waals surface area contributed by atoms with Gasteiger partial charge in [-0.3, -0.25) is 14.7 Å². The predicted molar refractivity (Wildman–Crippen MR) is 81.8 cm³/mol. The molecule has 8 heteroatoms. The van der Waals surface area contributed by atoms with Crippen molar-refractivity contribution in [2.75, 3.05) is 5.32 Å². The number of hydrogen-bond acceptors (Lipinski definition) is 4. The number of ketones is 1. The minimum atomic E-state index is -0.540. The van der Waals surface area contributed by atoms with Crippen LogP contribution in [-0.4, -0.2) is 32.8 Å². The average Bonchev–Trinajstić information content (AvgIpc) is 3.09. The SMILES string of the molecule is CC(=O)c1ccccc1C(=O)Nc1[nH]nc2c1CN(C(N)=O)C2. The van der Waals surface area contributed by atoms with Crippen LogP contribution in [0.15, 0.2) is 24.3 Å². The molecule has 0 bridgehead atoms. The third-order valence-electron chi connectivity index (χ3n) is 3.74. The van der Waals surface area contributed by atoms with Gasteiger partial charge in [-0.25, -0.2) is 4.79 Å². The Kier molecular flexibility index (Phi) is 3.57. The summed E-state index contributed by atoms with van der Waals surface area (Å²) >= 11 is 0. The fourth-order valence-corrected chi connectivity index (χ4v) is 2.56. The van der Waals surface area contributed by atoms with Crippen LogP contribution in [0.4, 0.5) is 10.6 Å². The molecule has 0 fully saturated rings. The van der Waals surface area contributed by atoms with Gasteiger partial charge < -0.3 is 16.0 Å². The molecule has 23 heavy (non-hydrogen) atoms. The van der Waals surface area contributed by atoms with E-state index in [9.17, 15) is 14.4 Å². The summed E-state index contributed by atoms with van der Waals surface area (Å²) in [6.45, 7) is 2.00. The van der Waals surface area contributed by atoms with Crippen LogP contribution < -0.4 is 11.1 Å². The molecule has 1 aromatic heterocycles. The first-order chi connectivity index (χ1) is 11.0. The van der Waals surface area contributed by atoms with Crippen LogP contribution >= 0.6 is 0 Å². The Morgan fingerprint density at radius 2 is 1.91 bits per heavy atom. The van der Waals surface area contributed by atoms with Crippen molar-refractivity contribution in [1.29, 1.82) is 0 Å². The summed E-state index contributed by atoms with van der Waals surface area (Å²) in [6.07, 6.45) is 0. The maximum Gasteiger partial charge on any atom is 0.315 e. The van der Waals surface area contributed by atoms with Gasteiger partial charge in [0.2, 0.25) is 0 Å². The van der Waals surface area contributed by atoms with Gasteiger partial charge in [-0.05, 0) is 13.0 Å². The van der Waals surface area contributed by atoms with Crippen molar-refractivity contribution in [2.45, 2.75) is 20.0 Å². The van der Waals surface area contributed by atoms with E-state index in [2.05, 4.69) is 15.5 Å². The standard InChI is InChI=1S/C15H15N5O3/c1-8(21)9-4-2-3-5-10(9)14(22)17-13-11-6-20(15(16)23)7-12(11)18-19-13/h2-5H,6-7H2,1H3,(H2,16,23)(H2,17,18,19,22). The van der Waals surface area contributed by atoms with Crippen molar-refractivity contribution < 1.29 is 14.4 Å². The van der Waals surface area contributed by atoms with Gasteiger partial charge in [-0.1, -0.05) is 18.2 Å². The van der Waals surface area contributed by atoms with Crippen LogP contribution in [0.1, 0.15) is 38.9 Å². The Hall–Kier alpha value is -3.16. The maximum atomic E-state index is 12.4. The summed E-state index contributed by atoms with van der Waals surface area (Å²) < 4.78 is 0.